The van der Waals surface area contributed by atoms with Crippen LogP contribution in [0.15, 0.2) is 6.07 Å². The normalized spacial score (nSPS) is 10.2. The number of aromatic nitrogens is 2. The Bertz CT molecular complexity index is 327. The van der Waals surface area contributed by atoms with Gasteiger partial charge in [-0.15, -0.1) is 0 Å². The van der Waals surface area contributed by atoms with Crippen LogP contribution in [-0.4, -0.2) is 53.5 Å². The van der Waals surface area contributed by atoms with E-state index in [4.69, 9.17) is 10.2 Å². The van der Waals surface area contributed by atoms with Crippen LogP contribution in [0.2, 0.25) is 0 Å². The molecular weight excluding hydrogens is 208 g/mol. The Labute approximate surface area is 95.0 Å². The fraction of sp³-hybridized carbons (Fsp3) is 0.600. The summed E-state index contributed by atoms with van der Waals surface area (Å²) in [5, 5.41) is 20.7. The molecule has 3 N–H and O–H groups in total. The van der Waals surface area contributed by atoms with Crippen molar-refractivity contribution in [1.29, 1.82) is 0 Å². The molecule has 0 bridgehead atoms. The standard InChI is InChI=1S/C10H18N4O2/c1-8-7-9(13-10(11-2)12-8)14(3-5-15)4-6-16/h7,15-16H,3-6H2,1-2H3,(H,11,12,13). The minimum atomic E-state index is 0.0257. The Kier molecular flexibility index (Phi) is 4.94. The predicted octanol–water partition coefficient (Wildman–Crippen LogP) is -0.382. The molecule has 0 aromatic carbocycles. The molecule has 0 aliphatic heterocycles. The van der Waals surface area contributed by atoms with Crippen LogP contribution in [-0.2, 0) is 0 Å². The lowest BCUT2D eigenvalue weighted by Crippen LogP contribution is -2.30. The van der Waals surface area contributed by atoms with E-state index < -0.39 is 0 Å². The minimum Gasteiger partial charge on any atom is -0.395 e. The number of aliphatic hydroxyl groups is 2. The van der Waals surface area contributed by atoms with Crippen molar-refractivity contribution in [3.05, 3.63) is 11.8 Å². The smallest absolute Gasteiger partial charge is 0.224 e. The molecule has 0 fully saturated rings. The van der Waals surface area contributed by atoms with E-state index in [1.54, 1.807) is 7.05 Å². The van der Waals surface area contributed by atoms with E-state index >= 15 is 0 Å². The first kappa shape index (κ1) is 12.7. The first-order chi connectivity index (χ1) is 7.71. The summed E-state index contributed by atoms with van der Waals surface area (Å²) in [6, 6.07) is 1.83. The van der Waals surface area contributed by atoms with E-state index in [0.29, 0.717) is 24.9 Å². The van der Waals surface area contributed by atoms with Gasteiger partial charge in [-0.05, 0) is 6.92 Å². The van der Waals surface area contributed by atoms with Crippen LogP contribution in [0, 0.1) is 6.92 Å². The maximum atomic E-state index is 8.94. The predicted molar refractivity (Wildman–Crippen MR) is 62.7 cm³/mol. The number of rotatable bonds is 6. The minimum absolute atomic E-state index is 0.0257. The summed E-state index contributed by atoms with van der Waals surface area (Å²) >= 11 is 0. The molecule has 6 nitrogen and oxygen atoms in total. The molecule has 0 aliphatic rings. The van der Waals surface area contributed by atoms with Crippen molar-refractivity contribution in [1.82, 2.24) is 9.97 Å². The Morgan fingerprint density at radius 3 is 2.38 bits per heavy atom. The van der Waals surface area contributed by atoms with Gasteiger partial charge in [0.05, 0.1) is 13.2 Å². The molecule has 0 radical (unpaired) electrons. The quantitative estimate of drug-likeness (QED) is 0.613. The van der Waals surface area contributed by atoms with Crippen molar-refractivity contribution < 1.29 is 10.2 Å². The highest BCUT2D eigenvalue weighted by atomic mass is 16.3. The lowest BCUT2D eigenvalue weighted by atomic mass is 10.4. The Balaban J connectivity index is 2.93. The number of aliphatic hydroxyl groups excluding tert-OH is 2. The molecule has 90 valence electrons. The van der Waals surface area contributed by atoms with Crippen LogP contribution in [0.3, 0.4) is 0 Å². The summed E-state index contributed by atoms with van der Waals surface area (Å²) in [6.07, 6.45) is 0. The summed E-state index contributed by atoms with van der Waals surface area (Å²) < 4.78 is 0. The third-order valence-corrected chi connectivity index (χ3v) is 2.13. The van der Waals surface area contributed by atoms with Crippen molar-refractivity contribution in [2.45, 2.75) is 6.92 Å². The highest BCUT2D eigenvalue weighted by molar-refractivity contribution is 5.44. The second-order valence-electron chi connectivity index (χ2n) is 3.38. The third-order valence-electron chi connectivity index (χ3n) is 2.13. The van der Waals surface area contributed by atoms with E-state index in [1.807, 2.05) is 17.9 Å². The van der Waals surface area contributed by atoms with Crippen molar-refractivity contribution >= 4 is 11.8 Å². The summed E-state index contributed by atoms with van der Waals surface area (Å²) in [6.45, 7) is 2.82. The second kappa shape index (κ2) is 6.24. The van der Waals surface area contributed by atoms with E-state index in [-0.39, 0.29) is 13.2 Å². The number of aryl methyl sites for hydroxylation is 1. The van der Waals surface area contributed by atoms with Gasteiger partial charge in [0.25, 0.3) is 0 Å². The second-order valence-corrected chi connectivity index (χ2v) is 3.38. The number of anilines is 2. The molecule has 0 unspecified atom stereocenters. The molecule has 0 atom stereocenters. The average molecular weight is 226 g/mol. The van der Waals surface area contributed by atoms with Crippen LogP contribution >= 0.6 is 0 Å². The molecule has 1 aromatic rings. The SMILES string of the molecule is CNc1nc(C)cc(N(CCO)CCO)n1. The van der Waals surface area contributed by atoms with Gasteiger partial charge in [-0.25, -0.2) is 4.98 Å². The molecule has 6 heteroatoms. The van der Waals surface area contributed by atoms with Gasteiger partial charge in [0.15, 0.2) is 0 Å². The highest BCUT2D eigenvalue weighted by Gasteiger charge is 2.09. The van der Waals surface area contributed by atoms with Crippen molar-refractivity contribution in [3.63, 3.8) is 0 Å². The Hall–Kier alpha value is -1.40. The van der Waals surface area contributed by atoms with E-state index in [1.165, 1.54) is 0 Å². The molecular formula is C10H18N4O2. The summed E-state index contributed by atoms with van der Waals surface area (Å²) in [5.74, 6) is 1.25. The summed E-state index contributed by atoms with van der Waals surface area (Å²) in [5.41, 5.74) is 0.843. The fourth-order valence-electron chi connectivity index (χ4n) is 1.41. The van der Waals surface area contributed by atoms with Crippen molar-refractivity contribution in [2.75, 3.05) is 43.6 Å². The maximum absolute atomic E-state index is 8.94. The lowest BCUT2D eigenvalue weighted by molar-refractivity contribution is 0.280. The number of nitrogens with one attached hydrogen (secondary N) is 1. The van der Waals surface area contributed by atoms with Crippen LogP contribution in [0.1, 0.15) is 5.69 Å². The molecule has 16 heavy (non-hydrogen) atoms. The van der Waals surface area contributed by atoms with Crippen LogP contribution in [0.4, 0.5) is 11.8 Å². The van der Waals surface area contributed by atoms with Gasteiger partial charge >= 0.3 is 0 Å². The first-order valence-corrected chi connectivity index (χ1v) is 5.21. The highest BCUT2D eigenvalue weighted by Crippen LogP contribution is 2.13. The van der Waals surface area contributed by atoms with Crippen LogP contribution in [0.5, 0.6) is 0 Å². The van der Waals surface area contributed by atoms with Crippen molar-refractivity contribution in [3.8, 4) is 0 Å². The molecule has 1 rings (SSSR count). The average Bonchev–Trinajstić information content (AvgIpc) is 2.28. The molecule has 0 amide bonds. The Morgan fingerprint density at radius 2 is 1.88 bits per heavy atom. The zero-order chi connectivity index (χ0) is 12.0. The zero-order valence-corrected chi connectivity index (χ0v) is 9.64. The van der Waals surface area contributed by atoms with Gasteiger partial charge in [-0.2, -0.15) is 4.98 Å². The van der Waals surface area contributed by atoms with Crippen LogP contribution in [0.25, 0.3) is 0 Å². The van der Waals surface area contributed by atoms with Crippen LogP contribution < -0.4 is 10.2 Å². The maximum Gasteiger partial charge on any atom is 0.224 e. The molecule has 1 aromatic heterocycles. The number of nitrogens with zero attached hydrogens (tertiary/aromatic N) is 3. The van der Waals surface area contributed by atoms with Gasteiger partial charge < -0.3 is 20.4 Å². The largest absolute Gasteiger partial charge is 0.395 e. The monoisotopic (exact) mass is 226 g/mol. The Morgan fingerprint density at radius 1 is 1.25 bits per heavy atom. The lowest BCUT2D eigenvalue weighted by Gasteiger charge is -2.22. The topological polar surface area (TPSA) is 81.5 Å². The fourth-order valence-corrected chi connectivity index (χ4v) is 1.41. The third kappa shape index (κ3) is 3.32. The van der Waals surface area contributed by atoms with Gasteiger partial charge in [0.2, 0.25) is 5.95 Å². The van der Waals surface area contributed by atoms with Gasteiger partial charge in [0.1, 0.15) is 5.82 Å². The zero-order valence-electron chi connectivity index (χ0n) is 9.64. The van der Waals surface area contributed by atoms with Gasteiger partial charge in [-0.1, -0.05) is 0 Å². The van der Waals surface area contributed by atoms with Crippen molar-refractivity contribution in [2.24, 2.45) is 0 Å². The number of hydrogen-bond acceptors (Lipinski definition) is 6. The van der Waals surface area contributed by atoms with E-state index in [0.717, 1.165) is 5.69 Å². The summed E-state index contributed by atoms with van der Waals surface area (Å²) in [4.78, 5) is 10.3. The summed E-state index contributed by atoms with van der Waals surface area (Å²) in [7, 11) is 1.75. The number of hydrogen-bond donors (Lipinski definition) is 3. The first-order valence-electron chi connectivity index (χ1n) is 5.21. The molecule has 0 saturated carbocycles. The van der Waals surface area contributed by atoms with Gasteiger partial charge in [0, 0.05) is 31.9 Å². The molecule has 0 spiro atoms. The van der Waals surface area contributed by atoms with E-state index in [2.05, 4.69) is 15.3 Å². The molecule has 0 aliphatic carbocycles. The molecule has 1 heterocycles. The van der Waals surface area contributed by atoms with Gasteiger partial charge in [-0.3, -0.25) is 0 Å². The molecule has 0 saturated heterocycles. The van der Waals surface area contributed by atoms with E-state index in [9.17, 15) is 0 Å².